The third-order valence-corrected chi connectivity index (χ3v) is 4.17. The van der Waals surface area contributed by atoms with Crippen molar-refractivity contribution in [3.05, 3.63) is 48.3 Å². The van der Waals surface area contributed by atoms with Gasteiger partial charge >= 0.3 is 6.03 Å². The van der Waals surface area contributed by atoms with E-state index >= 15 is 0 Å². The average molecular weight is 298 g/mol. The minimum atomic E-state index is 0.0272. The van der Waals surface area contributed by atoms with Gasteiger partial charge in [0.25, 0.3) is 0 Å². The summed E-state index contributed by atoms with van der Waals surface area (Å²) in [6.45, 7) is 4.47. The molecule has 1 N–H and O–H groups in total. The molecule has 0 aliphatic carbocycles. The van der Waals surface area contributed by atoms with Gasteiger partial charge in [0.2, 0.25) is 0 Å². The quantitative estimate of drug-likeness (QED) is 0.947. The van der Waals surface area contributed by atoms with Gasteiger partial charge in [-0.05, 0) is 30.9 Å². The summed E-state index contributed by atoms with van der Waals surface area (Å²) in [7, 11) is 0. The SMILES string of the molecule is CC1CCN(C(=O)NCc2cnn(-c3ccccc3)c2)CC1. The molecule has 1 aromatic heterocycles. The van der Waals surface area contributed by atoms with E-state index in [1.165, 1.54) is 0 Å². The fourth-order valence-corrected chi connectivity index (χ4v) is 2.67. The number of piperidine rings is 1. The Bertz CT molecular complexity index is 615. The van der Waals surface area contributed by atoms with Crippen LogP contribution >= 0.6 is 0 Å². The maximum absolute atomic E-state index is 12.1. The first-order valence-corrected chi connectivity index (χ1v) is 7.84. The second kappa shape index (κ2) is 6.64. The van der Waals surface area contributed by atoms with E-state index in [2.05, 4.69) is 17.3 Å². The Labute approximate surface area is 130 Å². The summed E-state index contributed by atoms with van der Waals surface area (Å²) in [5, 5.41) is 7.32. The molecule has 5 heteroatoms. The third kappa shape index (κ3) is 3.47. The molecule has 0 spiro atoms. The number of para-hydroxylation sites is 1. The first-order chi connectivity index (χ1) is 10.7. The fraction of sp³-hybridized carbons (Fsp3) is 0.412. The summed E-state index contributed by atoms with van der Waals surface area (Å²) in [5.41, 5.74) is 2.02. The number of amides is 2. The zero-order valence-electron chi connectivity index (χ0n) is 12.9. The van der Waals surface area contributed by atoms with Crippen LogP contribution in [-0.2, 0) is 6.54 Å². The molecule has 0 unspecified atom stereocenters. The highest BCUT2D eigenvalue weighted by Gasteiger charge is 2.19. The number of likely N-dealkylation sites (tertiary alicyclic amines) is 1. The van der Waals surface area contributed by atoms with Crippen molar-refractivity contribution in [2.75, 3.05) is 13.1 Å². The molecule has 1 aliphatic rings. The molecule has 1 aliphatic heterocycles. The molecule has 2 amide bonds. The smallest absolute Gasteiger partial charge is 0.317 e. The number of hydrogen-bond donors (Lipinski definition) is 1. The van der Waals surface area contributed by atoms with Crippen molar-refractivity contribution in [1.82, 2.24) is 20.0 Å². The van der Waals surface area contributed by atoms with E-state index < -0.39 is 0 Å². The molecule has 1 aromatic carbocycles. The van der Waals surface area contributed by atoms with Gasteiger partial charge in [0.1, 0.15) is 0 Å². The maximum Gasteiger partial charge on any atom is 0.317 e. The topological polar surface area (TPSA) is 50.2 Å². The van der Waals surface area contributed by atoms with Crippen LogP contribution in [0.25, 0.3) is 5.69 Å². The first kappa shape index (κ1) is 14.6. The molecule has 1 fully saturated rings. The predicted molar refractivity (Wildman–Crippen MR) is 85.8 cm³/mol. The number of benzene rings is 1. The average Bonchev–Trinajstić information content (AvgIpc) is 3.03. The number of aromatic nitrogens is 2. The van der Waals surface area contributed by atoms with Crippen LogP contribution in [0.5, 0.6) is 0 Å². The summed E-state index contributed by atoms with van der Waals surface area (Å²) < 4.78 is 1.82. The number of carbonyl (C=O) groups is 1. The van der Waals surface area contributed by atoms with Crippen LogP contribution in [0.4, 0.5) is 4.79 Å². The van der Waals surface area contributed by atoms with E-state index in [4.69, 9.17) is 0 Å². The molecular formula is C17H22N4O. The van der Waals surface area contributed by atoms with E-state index in [0.29, 0.717) is 6.54 Å². The second-order valence-electron chi connectivity index (χ2n) is 5.96. The number of nitrogens with zero attached hydrogens (tertiary/aromatic N) is 3. The largest absolute Gasteiger partial charge is 0.334 e. The van der Waals surface area contributed by atoms with Crippen LogP contribution in [0.3, 0.4) is 0 Å². The van der Waals surface area contributed by atoms with Gasteiger partial charge in [0.05, 0.1) is 11.9 Å². The molecule has 2 aromatic rings. The van der Waals surface area contributed by atoms with Crippen LogP contribution in [0.2, 0.25) is 0 Å². The maximum atomic E-state index is 12.1. The lowest BCUT2D eigenvalue weighted by Gasteiger charge is -2.30. The third-order valence-electron chi connectivity index (χ3n) is 4.17. The number of urea groups is 1. The van der Waals surface area contributed by atoms with Gasteiger partial charge in [-0.25, -0.2) is 9.48 Å². The van der Waals surface area contributed by atoms with Crippen LogP contribution in [0, 0.1) is 5.92 Å². The molecule has 0 bridgehead atoms. The van der Waals surface area contributed by atoms with Crippen molar-refractivity contribution >= 4 is 6.03 Å². The van der Waals surface area contributed by atoms with Crippen molar-refractivity contribution in [2.24, 2.45) is 5.92 Å². The second-order valence-corrected chi connectivity index (χ2v) is 5.96. The standard InChI is InChI=1S/C17H22N4O/c1-14-7-9-20(10-8-14)17(22)18-11-15-12-19-21(13-15)16-5-3-2-4-6-16/h2-6,12-14H,7-11H2,1H3,(H,18,22). The van der Waals surface area contributed by atoms with E-state index in [9.17, 15) is 4.79 Å². The van der Waals surface area contributed by atoms with Gasteiger partial charge < -0.3 is 10.2 Å². The zero-order chi connectivity index (χ0) is 15.4. The van der Waals surface area contributed by atoms with Gasteiger partial charge in [-0.15, -0.1) is 0 Å². The normalized spacial score (nSPS) is 15.8. The minimum Gasteiger partial charge on any atom is -0.334 e. The number of hydrogen-bond acceptors (Lipinski definition) is 2. The van der Waals surface area contributed by atoms with Gasteiger partial charge in [0.15, 0.2) is 0 Å². The highest BCUT2D eigenvalue weighted by molar-refractivity contribution is 5.74. The van der Waals surface area contributed by atoms with Crippen molar-refractivity contribution < 1.29 is 4.79 Å². The Morgan fingerprint density at radius 2 is 2.00 bits per heavy atom. The Morgan fingerprint density at radius 1 is 1.27 bits per heavy atom. The monoisotopic (exact) mass is 298 g/mol. The van der Waals surface area contributed by atoms with Gasteiger partial charge in [-0.3, -0.25) is 0 Å². The molecule has 1 saturated heterocycles. The summed E-state index contributed by atoms with van der Waals surface area (Å²) in [5.74, 6) is 0.730. The lowest BCUT2D eigenvalue weighted by molar-refractivity contribution is 0.173. The minimum absolute atomic E-state index is 0.0272. The van der Waals surface area contributed by atoms with Gasteiger partial charge in [-0.2, -0.15) is 5.10 Å². The first-order valence-electron chi connectivity index (χ1n) is 7.84. The van der Waals surface area contributed by atoms with Crippen molar-refractivity contribution in [3.8, 4) is 5.69 Å². The highest BCUT2D eigenvalue weighted by Crippen LogP contribution is 2.16. The van der Waals surface area contributed by atoms with Crippen molar-refractivity contribution in [2.45, 2.75) is 26.3 Å². The summed E-state index contributed by atoms with van der Waals surface area (Å²) >= 11 is 0. The zero-order valence-corrected chi connectivity index (χ0v) is 12.9. The molecule has 22 heavy (non-hydrogen) atoms. The molecule has 0 atom stereocenters. The Morgan fingerprint density at radius 3 is 2.73 bits per heavy atom. The molecule has 0 radical (unpaired) electrons. The van der Waals surface area contributed by atoms with E-state index in [1.54, 1.807) is 6.20 Å². The number of nitrogens with one attached hydrogen (secondary N) is 1. The Kier molecular flexibility index (Phi) is 4.42. The predicted octanol–water partition coefficient (Wildman–Crippen LogP) is 2.81. The van der Waals surface area contributed by atoms with Crippen molar-refractivity contribution in [1.29, 1.82) is 0 Å². The summed E-state index contributed by atoms with van der Waals surface area (Å²) in [6, 6.07) is 9.98. The Hall–Kier alpha value is -2.30. The summed E-state index contributed by atoms with van der Waals surface area (Å²) in [4.78, 5) is 14.0. The van der Waals surface area contributed by atoms with E-state index in [0.717, 1.165) is 43.1 Å². The van der Waals surface area contributed by atoms with E-state index in [-0.39, 0.29) is 6.03 Å². The molecular weight excluding hydrogens is 276 g/mol. The van der Waals surface area contributed by atoms with Crippen LogP contribution < -0.4 is 5.32 Å². The van der Waals surface area contributed by atoms with Crippen molar-refractivity contribution in [3.63, 3.8) is 0 Å². The van der Waals surface area contributed by atoms with E-state index in [1.807, 2.05) is 46.1 Å². The van der Waals surface area contributed by atoms with Gasteiger partial charge in [-0.1, -0.05) is 25.1 Å². The molecule has 0 saturated carbocycles. The number of carbonyl (C=O) groups excluding carboxylic acids is 1. The lowest BCUT2D eigenvalue weighted by atomic mass is 10.00. The molecule has 3 rings (SSSR count). The van der Waals surface area contributed by atoms with Gasteiger partial charge in [0, 0.05) is 31.4 Å². The van der Waals surface area contributed by atoms with Crippen LogP contribution in [0.1, 0.15) is 25.3 Å². The molecule has 5 nitrogen and oxygen atoms in total. The van der Waals surface area contributed by atoms with Crippen LogP contribution in [0.15, 0.2) is 42.7 Å². The Balaban J connectivity index is 1.54. The summed E-state index contributed by atoms with van der Waals surface area (Å²) in [6.07, 6.45) is 5.94. The highest BCUT2D eigenvalue weighted by atomic mass is 16.2. The molecule has 116 valence electrons. The fourth-order valence-electron chi connectivity index (χ4n) is 2.67. The lowest BCUT2D eigenvalue weighted by Crippen LogP contribution is -2.43. The molecule has 2 heterocycles. The van der Waals surface area contributed by atoms with Crippen LogP contribution in [-0.4, -0.2) is 33.8 Å². The number of rotatable bonds is 3.